The molecule has 7 nitrogen and oxygen atoms in total. The maximum atomic E-state index is 13.3. The molecule has 1 aromatic heterocycles. The maximum absolute atomic E-state index is 13.3. The molecule has 2 aromatic carbocycles. The summed E-state index contributed by atoms with van der Waals surface area (Å²) in [6.07, 6.45) is 0. The number of thioether (sulfide) groups is 1. The zero-order valence-electron chi connectivity index (χ0n) is 17.0. The average molecular weight is 423 g/mol. The Kier molecular flexibility index (Phi) is 6.75. The van der Waals surface area contributed by atoms with Crippen molar-refractivity contribution in [2.24, 2.45) is 5.92 Å². The Hall–Kier alpha value is -3.31. The Morgan fingerprint density at radius 2 is 2.10 bits per heavy atom. The van der Waals surface area contributed by atoms with E-state index in [0.717, 1.165) is 11.8 Å². The lowest BCUT2D eigenvalue weighted by atomic mass is 10.1. The maximum Gasteiger partial charge on any atom is 0.266 e. The van der Waals surface area contributed by atoms with E-state index in [4.69, 9.17) is 10.00 Å². The minimum absolute atomic E-state index is 0.135. The van der Waals surface area contributed by atoms with Crippen molar-refractivity contribution in [2.45, 2.75) is 19.0 Å². The molecule has 1 heterocycles. The molecule has 0 spiro atoms. The number of ether oxygens (including phenoxy) is 1. The Labute approximate surface area is 178 Å². The quantitative estimate of drug-likeness (QED) is 0.463. The van der Waals surface area contributed by atoms with Crippen molar-refractivity contribution in [2.75, 3.05) is 19.4 Å². The number of nitriles is 1. The standard InChI is InChI=1S/C22H22N4O3S/c1-14(2)13-24-20(27)15-7-8-18-19(11-15)25-22(30-10-9-23)26(21(18)28)16-5-4-6-17(12-16)29-3/h4-8,11-12,14H,10,13H2,1-3H3,(H,24,27). The van der Waals surface area contributed by atoms with Gasteiger partial charge in [0.15, 0.2) is 5.16 Å². The van der Waals surface area contributed by atoms with Crippen molar-refractivity contribution in [3.05, 3.63) is 58.4 Å². The van der Waals surface area contributed by atoms with Crippen molar-refractivity contribution in [3.8, 4) is 17.5 Å². The van der Waals surface area contributed by atoms with Gasteiger partial charge in [-0.25, -0.2) is 4.98 Å². The van der Waals surface area contributed by atoms with E-state index < -0.39 is 0 Å². The summed E-state index contributed by atoms with van der Waals surface area (Å²) in [4.78, 5) is 30.3. The highest BCUT2D eigenvalue weighted by Crippen LogP contribution is 2.23. The number of carbonyl (C=O) groups is 1. The molecule has 3 rings (SSSR count). The first kappa shape index (κ1) is 21.4. The molecule has 8 heteroatoms. The van der Waals surface area contributed by atoms with Gasteiger partial charge in [-0.1, -0.05) is 31.7 Å². The third-order valence-electron chi connectivity index (χ3n) is 4.35. The molecule has 0 fully saturated rings. The van der Waals surface area contributed by atoms with E-state index >= 15 is 0 Å². The molecule has 1 amide bonds. The number of methoxy groups -OCH3 is 1. The summed E-state index contributed by atoms with van der Waals surface area (Å²) < 4.78 is 6.73. The monoisotopic (exact) mass is 422 g/mol. The minimum Gasteiger partial charge on any atom is -0.497 e. The van der Waals surface area contributed by atoms with E-state index in [1.807, 2.05) is 13.8 Å². The van der Waals surface area contributed by atoms with Crippen molar-refractivity contribution in [3.63, 3.8) is 0 Å². The smallest absolute Gasteiger partial charge is 0.266 e. The van der Waals surface area contributed by atoms with E-state index in [1.54, 1.807) is 49.6 Å². The molecule has 1 N–H and O–H groups in total. The molecule has 154 valence electrons. The van der Waals surface area contributed by atoms with Gasteiger partial charge in [0.1, 0.15) is 5.75 Å². The Morgan fingerprint density at radius 3 is 2.80 bits per heavy atom. The van der Waals surface area contributed by atoms with Crippen molar-refractivity contribution < 1.29 is 9.53 Å². The van der Waals surface area contributed by atoms with E-state index in [2.05, 4.69) is 16.4 Å². The normalized spacial score (nSPS) is 10.8. The summed E-state index contributed by atoms with van der Waals surface area (Å²) >= 11 is 1.16. The second-order valence-corrected chi connectivity index (χ2v) is 7.96. The van der Waals surface area contributed by atoms with Crippen LogP contribution in [0.5, 0.6) is 5.75 Å². The van der Waals surface area contributed by atoms with Crippen LogP contribution in [-0.4, -0.2) is 34.9 Å². The van der Waals surface area contributed by atoms with Gasteiger partial charge in [-0.3, -0.25) is 14.2 Å². The van der Waals surface area contributed by atoms with E-state index in [9.17, 15) is 9.59 Å². The van der Waals surface area contributed by atoms with Crippen LogP contribution in [0.4, 0.5) is 0 Å². The Morgan fingerprint density at radius 1 is 1.30 bits per heavy atom. The van der Waals surface area contributed by atoms with Gasteiger partial charge in [0.25, 0.3) is 11.5 Å². The highest BCUT2D eigenvalue weighted by molar-refractivity contribution is 7.99. The molecule has 0 radical (unpaired) electrons. The summed E-state index contributed by atoms with van der Waals surface area (Å²) in [5.74, 6) is 0.858. The largest absolute Gasteiger partial charge is 0.497 e. The number of hydrogen-bond donors (Lipinski definition) is 1. The van der Waals surface area contributed by atoms with Crippen LogP contribution in [0.2, 0.25) is 0 Å². The number of hydrogen-bond acceptors (Lipinski definition) is 6. The molecule has 0 aliphatic rings. The minimum atomic E-state index is -0.275. The first-order valence-corrected chi connectivity index (χ1v) is 10.4. The number of carbonyl (C=O) groups excluding carboxylic acids is 1. The Bertz CT molecular complexity index is 1180. The van der Waals surface area contributed by atoms with Crippen molar-refractivity contribution in [1.82, 2.24) is 14.9 Å². The molecular formula is C22H22N4O3S. The zero-order valence-corrected chi connectivity index (χ0v) is 17.8. The number of rotatable bonds is 7. The highest BCUT2D eigenvalue weighted by Gasteiger charge is 2.16. The van der Waals surface area contributed by atoms with Crippen molar-refractivity contribution >= 4 is 28.6 Å². The lowest BCUT2D eigenvalue weighted by Crippen LogP contribution is -2.27. The third-order valence-corrected chi connectivity index (χ3v) is 5.15. The number of aromatic nitrogens is 2. The molecular weight excluding hydrogens is 400 g/mol. The van der Waals surface area contributed by atoms with Gasteiger partial charge in [0.05, 0.1) is 35.5 Å². The fourth-order valence-electron chi connectivity index (χ4n) is 2.88. The van der Waals surface area contributed by atoms with Gasteiger partial charge >= 0.3 is 0 Å². The summed E-state index contributed by atoms with van der Waals surface area (Å²) in [5.41, 5.74) is 1.16. The number of benzene rings is 2. The molecule has 30 heavy (non-hydrogen) atoms. The van der Waals surface area contributed by atoms with Crippen LogP contribution in [0, 0.1) is 17.2 Å². The molecule has 0 saturated carbocycles. The van der Waals surface area contributed by atoms with Crippen LogP contribution in [-0.2, 0) is 0 Å². The first-order valence-electron chi connectivity index (χ1n) is 9.43. The molecule has 0 atom stereocenters. The molecule has 0 aliphatic carbocycles. The molecule has 0 saturated heterocycles. The first-order chi connectivity index (χ1) is 14.4. The molecule has 0 unspecified atom stereocenters. The van der Waals surface area contributed by atoms with Crippen LogP contribution in [0.25, 0.3) is 16.6 Å². The summed E-state index contributed by atoms with van der Waals surface area (Å²) in [7, 11) is 1.55. The average Bonchev–Trinajstić information content (AvgIpc) is 2.75. The van der Waals surface area contributed by atoms with Crippen LogP contribution in [0.1, 0.15) is 24.2 Å². The zero-order chi connectivity index (χ0) is 21.7. The van der Waals surface area contributed by atoms with Crippen molar-refractivity contribution in [1.29, 1.82) is 5.26 Å². The number of nitrogens with zero attached hydrogens (tertiary/aromatic N) is 3. The van der Waals surface area contributed by atoms with Crippen LogP contribution in [0.15, 0.2) is 52.4 Å². The lowest BCUT2D eigenvalue weighted by Gasteiger charge is -2.14. The van der Waals surface area contributed by atoms with Gasteiger partial charge in [-0.15, -0.1) is 0 Å². The highest BCUT2D eigenvalue weighted by atomic mass is 32.2. The predicted molar refractivity (Wildman–Crippen MR) is 117 cm³/mol. The second-order valence-electron chi connectivity index (χ2n) is 7.02. The number of amides is 1. The topological polar surface area (TPSA) is 97.0 Å². The fraction of sp³-hybridized carbons (Fsp3) is 0.273. The third kappa shape index (κ3) is 4.63. The fourth-order valence-corrected chi connectivity index (χ4v) is 3.55. The molecule has 0 aliphatic heterocycles. The summed E-state index contributed by atoms with van der Waals surface area (Å²) in [5, 5.41) is 12.6. The SMILES string of the molecule is COc1cccc(-n2c(SCC#N)nc3cc(C(=O)NCC(C)C)ccc3c2=O)c1. The van der Waals surface area contributed by atoms with Crippen LogP contribution >= 0.6 is 11.8 Å². The molecule has 3 aromatic rings. The van der Waals surface area contributed by atoms with Gasteiger partial charge in [-0.05, 0) is 36.2 Å². The van der Waals surface area contributed by atoms with E-state index in [1.165, 1.54) is 4.57 Å². The summed E-state index contributed by atoms with van der Waals surface area (Å²) in [6, 6.07) is 14.0. The lowest BCUT2D eigenvalue weighted by molar-refractivity contribution is 0.0949. The molecule has 0 bridgehead atoms. The van der Waals surface area contributed by atoms with Gasteiger partial charge in [0.2, 0.25) is 0 Å². The number of fused-ring (bicyclic) bond motifs is 1. The Balaban J connectivity index is 2.14. The predicted octanol–water partition coefficient (Wildman–Crippen LogP) is 3.40. The summed E-state index contributed by atoms with van der Waals surface area (Å²) in [6.45, 7) is 4.59. The van der Waals surface area contributed by atoms with Gasteiger partial charge in [0, 0.05) is 18.2 Å². The van der Waals surface area contributed by atoms with Gasteiger partial charge < -0.3 is 10.1 Å². The van der Waals surface area contributed by atoms with Gasteiger partial charge in [-0.2, -0.15) is 5.26 Å². The number of nitrogens with one attached hydrogen (secondary N) is 1. The van der Waals surface area contributed by atoms with E-state index in [-0.39, 0.29) is 17.2 Å². The van der Waals surface area contributed by atoms with Crippen LogP contribution in [0.3, 0.4) is 0 Å². The van der Waals surface area contributed by atoms with E-state index in [0.29, 0.717) is 45.5 Å². The second kappa shape index (κ2) is 9.46. The van der Waals surface area contributed by atoms with Crippen LogP contribution < -0.4 is 15.6 Å².